The summed E-state index contributed by atoms with van der Waals surface area (Å²) >= 11 is 0. The van der Waals surface area contributed by atoms with Crippen LogP contribution in [-0.4, -0.2) is 17.7 Å². The average Bonchev–Trinajstić information content (AvgIpc) is 3.26. The molecule has 2 N–H and O–H groups in total. The number of carbonyl (C=O) groups is 1. The number of nitrogens with zero attached hydrogens (tertiary/aromatic N) is 1. The first-order valence-electron chi connectivity index (χ1n) is 9.79. The van der Waals surface area contributed by atoms with E-state index in [0.29, 0.717) is 23.4 Å². The van der Waals surface area contributed by atoms with Gasteiger partial charge in [-0.2, -0.15) is 0 Å². The molecule has 2 unspecified atom stereocenters. The highest BCUT2D eigenvalue weighted by atomic mass is 19.1. The maximum absolute atomic E-state index is 13.4. The molecule has 0 aromatic heterocycles. The van der Waals surface area contributed by atoms with Crippen molar-refractivity contribution < 1.29 is 14.0 Å². The lowest BCUT2D eigenvalue weighted by atomic mass is 10.0. The zero-order valence-corrected chi connectivity index (χ0v) is 16.5. The molecule has 0 aliphatic carbocycles. The third-order valence-corrected chi connectivity index (χ3v) is 4.95. The molecule has 2 atom stereocenters. The van der Waals surface area contributed by atoms with Gasteiger partial charge in [0.1, 0.15) is 5.82 Å². The van der Waals surface area contributed by atoms with Crippen molar-refractivity contribution in [2.45, 2.75) is 25.5 Å². The van der Waals surface area contributed by atoms with Crippen molar-refractivity contribution in [1.82, 2.24) is 0 Å². The van der Waals surface area contributed by atoms with Gasteiger partial charge >= 0.3 is 0 Å². The molecule has 4 rings (SSSR count). The van der Waals surface area contributed by atoms with Crippen LogP contribution in [0.25, 0.3) is 0 Å². The van der Waals surface area contributed by atoms with Gasteiger partial charge in [-0.1, -0.05) is 47.6 Å². The zero-order valence-electron chi connectivity index (χ0n) is 16.5. The summed E-state index contributed by atoms with van der Waals surface area (Å²) in [5.41, 5.74) is 4.00. The Morgan fingerprint density at radius 2 is 1.77 bits per heavy atom. The number of anilines is 2. The first-order chi connectivity index (χ1) is 14.6. The zero-order chi connectivity index (χ0) is 20.9. The largest absolute Gasteiger partial charge is 0.382 e. The molecule has 152 valence electrons. The second-order valence-corrected chi connectivity index (χ2v) is 7.19. The predicted octanol–water partition coefficient (Wildman–Crippen LogP) is 5.13. The van der Waals surface area contributed by atoms with Crippen molar-refractivity contribution in [3.63, 3.8) is 0 Å². The minimum Gasteiger partial charge on any atom is -0.382 e. The van der Waals surface area contributed by atoms with Crippen LogP contribution in [-0.2, 0) is 9.63 Å². The Hall–Kier alpha value is -3.67. The van der Waals surface area contributed by atoms with Crippen LogP contribution >= 0.6 is 0 Å². The lowest BCUT2D eigenvalue weighted by Gasteiger charge is -2.16. The number of rotatable bonds is 6. The second kappa shape index (κ2) is 8.78. The molecule has 0 bridgehead atoms. The van der Waals surface area contributed by atoms with Gasteiger partial charge < -0.3 is 15.5 Å². The Morgan fingerprint density at radius 3 is 2.50 bits per heavy atom. The highest BCUT2D eigenvalue weighted by Crippen LogP contribution is 2.22. The molecule has 1 heterocycles. The number of hydrogen-bond donors (Lipinski definition) is 2. The van der Waals surface area contributed by atoms with E-state index < -0.39 is 6.10 Å². The molecule has 0 saturated carbocycles. The van der Waals surface area contributed by atoms with E-state index >= 15 is 0 Å². The minimum absolute atomic E-state index is 0.164. The van der Waals surface area contributed by atoms with Gasteiger partial charge in [0.2, 0.25) is 6.10 Å². The van der Waals surface area contributed by atoms with Gasteiger partial charge in [-0.15, -0.1) is 0 Å². The lowest BCUT2D eigenvalue weighted by molar-refractivity contribution is -0.125. The summed E-state index contributed by atoms with van der Waals surface area (Å²) in [5.74, 6) is -0.637. The van der Waals surface area contributed by atoms with Crippen LogP contribution in [0.15, 0.2) is 84.0 Å². The number of carbonyl (C=O) groups excluding carboxylic acids is 1. The molecule has 3 aromatic carbocycles. The highest BCUT2D eigenvalue weighted by molar-refractivity contribution is 6.06. The van der Waals surface area contributed by atoms with E-state index in [0.717, 1.165) is 5.69 Å². The molecule has 3 aromatic rings. The summed E-state index contributed by atoms with van der Waals surface area (Å²) in [7, 11) is 0. The normalized spacial score (nSPS) is 16.3. The summed E-state index contributed by atoms with van der Waals surface area (Å²) in [4.78, 5) is 17.8. The molecule has 1 amide bonds. The maximum atomic E-state index is 13.4. The molecular formula is C24H22FN3O2. The van der Waals surface area contributed by atoms with Gasteiger partial charge in [0, 0.05) is 29.4 Å². The quantitative estimate of drug-likeness (QED) is 0.600. The molecule has 5 nitrogen and oxygen atoms in total. The second-order valence-electron chi connectivity index (χ2n) is 7.19. The van der Waals surface area contributed by atoms with Crippen LogP contribution in [0.2, 0.25) is 0 Å². The van der Waals surface area contributed by atoms with Crippen LogP contribution in [0, 0.1) is 5.82 Å². The fraction of sp³-hybridized carbons (Fsp3) is 0.167. The van der Waals surface area contributed by atoms with Gasteiger partial charge in [0.05, 0.1) is 5.71 Å². The Morgan fingerprint density at radius 1 is 1.03 bits per heavy atom. The fourth-order valence-electron chi connectivity index (χ4n) is 3.30. The van der Waals surface area contributed by atoms with E-state index in [1.807, 2.05) is 42.5 Å². The van der Waals surface area contributed by atoms with Crippen LogP contribution in [0.4, 0.5) is 15.8 Å². The standard InChI is InChI=1S/C24H22FN3O2/c1-16(17-6-3-2-4-7-17)26-20-10-12-21(13-11-20)27-24(29)23-15-22(28-30-23)18-8-5-9-19(25)14-18/h2-14,16,23,26H,15H2,1H3,(H,27,29). The van der Waals surface area contributed by atoms with Gasteiger partial charge in [0.25, 0.3) is 5.91 Å². The van der Waals surface area contributed by atoms with Gasteiger partial charge in [-0.25, -0.2) is 4.39 Å². The monoisotopic (exact) mass is 403 g/mol. The molecule has 6 heteroatoms. The molecular weight excluding hydrogens is 381 g/mol. The fourth-order valence-corrected chi connectivity index (χ4v) is 3.30. The lowest BCUT2D eigenvalue weighted by Crippen LogP contribution is -2.28. The Kier molecular flexibility index (Phi) is 5.75. The smallest absolute Gasteiger partial charge is 0.268 e. The van der Waals surface area contributed by atoms with Crippen LogP contribution in [0.1, 0.15) is 30.5 Å². The molecule has 1 aliphatic rings. The summed E-state index contributed by atoms with van der Waals surface area (Å²) in [6, 6.07) is 23.9. The minimum atomic E-state index is -0.737. The highest BCUT2D eigenvalue weighted by Gasteiger charge is 2.29. The van der Waals surface area contributed by atoms with Gasteiger partial charge in [0.15, 0.2) is 0 Å². The van der Waals surface area contributed by atoms with E-state index in [1.54, 1.807) is 12.1 Å². The Balaban J connectivity index is 1.32. The first-order valence-corrected chi connectivity index (χ1v) is 9.79. The first kappa shape index (κ1) is 19.6. The van der Waals surface area contributed by atoms with Crippen molar-refractivity contribution in [3.8, 4) is 0 Å². The van der Waals surface area contributed by atoms with E-state index in [-0.39, 0.29) is 17.8 Å². The third-order valence-electron chi connectivity index (χ3n) is 4.95. The summed E-state index contributed by atoms with van der Waals surface area (Å²) in [6.07, 6.45) is -0.442. The topological polar surface area (TPSA) is 62.7 Å². The van der Waals surface area contributed by atoms with E-state index in [1.165, 1.54) is 17.7 Å². The van der Waals surface area contributed by atoms with Crippen molar-refractivity contribution in [2.24, 2.45) is 5.16 Å². The summed E-state index contributed by atoms with van der Waals surface area (Å²) in [5, 5.41) is 10.2. The number of hydrogen-bond acceptors (Lipinski definition) is 4. The van der Waals surface area contributed by atoms with E-state index in [4.69, 9.17) is 4.84 Å². The Labute approximate surface area is 174 Å². The van der Waals surface area contributed by atoms with Crippen molar-refractivity contribution in [2.75, 3.05) is 10.6 Å². The van der Waals surface area contributed by atoms with Gasteiger partial charge in [-0.3, -0.25) is 4.79 Å². The number of oxime groups is 1. The third kappa shape index (κ3) is 4.66. The van der Waals surface area contributed by atoms with Crippen molar-refractivity contribution in [1.29, 1.82) is 0 Å². The van der Waals surface area contributed by atoms with Crippen LogP contribution in [0.3, 0.4) is 0 Å². The van der Waals surface area contributed by atoms with Gasteiger partial charge in [-0.05, 0) is 48.9 Å². The molecule has 30 heavy (non-hydrogen) atoms. The molecule has 0 fully saturated rings. The molecule has 0 radical (unpaired) electrons. The van der Waals surface area contributed by atoms with Crippen LogP contribution in [0.5, 0.6) is 0 Å². The summed E-state index contributed by atoms with van der Waals surface area (Å²) < 4.78 is 13.4. The van der Waals surface area contributed by atoms with Crippen molar-refractivity contribution >= 4 is 23.0 Å². The number of amides is 1. The average molecular weight is 403 g/mol. The van der Waals surface area contributed by atoms with Crippen molar-refractivity contribution in [3.05, 3.63) is 95.8 Å². The van der Waals surface area contributed by atoms with E-state index in [2.05, 4.69) is 34.8 Å². The van der Waals surface area contributed by atoms with E-state index in [9.17, 15) is 9.18 Å². The van der Waals surface area contributed by atoms with Crippen LogP contribution < -0.4 is 10.6 Å². The SMILES string of the molecule is CC(Nc1ccc(NC(=O)C2CC(c3cccc(F)c3)=NO2)cc1)c1ccccc1. The summed E-state index contributed by atoms with van der Waals surface area (Å²) in [6.45, 7) is 2.10. The maximum Gasteiger partial charge on any atom is 0.268 e. The number of benzene rings is 3. The molecule has 0 spiro atoms. The number of nitrogens with one attached hydrogen (secondary N) is 2. The molecule has 1 aliphatic heterocycles. The Bertz CT molecular complexity index is 1050. The predicted molar refractivity (Wildman–Crippen MR) is 116 cm³/mol. The molecule has 0 saturated heterocycles. The number of halogens is 1.